The number of urea groups is 1. The van der Waals surface area contributed by atoms with Crippen LogP contribution in [0.1, 0.15) is 38.6 Å². The van der Waals surface area contributed by atoms with E-state index in [9.17, 15) is 4.79 Å². The van der Waals surface area contributed by atoms with Crippen LogP contribution in [0.3, 0.4) is 0 Å². The second kappa shape index (κ2) is 7.70. The van der Waals surface area contributed by atoms with E-state index in [1.807, 2.05) is 23.1 Å². The van der Waals surface area contributed by atoms with E-state index in [1.165, 1.54) is 0 Å². The summed E-state index contributed by atoms with van der Waals surface area (Å²) in [5.41, 5.74) is 1.86. The lowest BCUT2D eigenvalue weighted by molar-refractivity contribution is 0.138. The van der Waals surface area contributed by atoms with Crippen LogP contribution < -0.4 is 5.32 Å². The maximum absolute atomic E-state index is 12.5. The van der Waals surface area contributed by atoms with Gasteiger partial charge < -0.3 is 10.2 Å². The largest absolute Gasteiger partial charge is 0.322 e. The zero-order valence-corrected chi connectivity index (χ0v) is 16.4. The van der Waals surface area contributed by atoms with Crippen LogP contribution in [0, 0.1) is 5.92 Å². The van der Waals surface area contributed by atoms with E-state index >= 15 is 0 Å². The van der Waals surface area contributed by atoms with Crippen molar-refractivity contribution in [1.29, 1.82) is 0 Å². The van der Waals surface area contributed by atoms with Crippen LogP contribution in [0.25, 0.3) is 10.2 Å². The van der Waals surface area contributed by atoms with Gasteiger partial charge in [-0.15, -0.1) is 11.3 Å². The van der Waals surface area contributed by atoms with Gasteiger partial charge in [0.05, 0.1) is 15.2 Å². The number of benzene rings is 1. The number of nitrogens with zero attached hydrogens (tertiary/aromatic N) is 3. The summed E-state index contributed by atoms with van der Waals surface area (Å²) in [6, 6.07) is 5.97. The summed E-state index contributed by atoms with van der Waals surface area (Å²) >= 11 is 1.71. The van der Waals surface area contributed by atoms with E-state index in [0.717, 1.165) is 53.6 Å². The number of amides is 2. The monoisotopic (exact) mass is 360 g/mol. The van der Waals surface area contributed by atoms with Gasteiger partial charge in [-0.05, 0) is 24.1 Å². The predicted octanol–water partition coefficient (Wildman–Crippen LogP) is 4.23. The van der Waals surface area contributed by atoms with Crippen molar-refractivity contribution in [2.24, 2.45) is 5.92 Å². The third-order valence-corrected chi connectivity index (χ3v) is 5.75. The maximum Gasteiger partial charge on any atom is 0.321 e. The van der Waals surface area contributed by atoms with Crippen molar-refractivity contribution in [3.63, 3.8) is 0 Å². The highest BCUT2D eigenvalue weighted by Crippen LogP contribution is 2.29. The van der Waals surface area contributed by atoms with Crippen molar-refractivity contribution in [2.75, 3.05) is 38.0 Å². The first-order chi connectivity index (χ1) is 11.9. The standard InChI is InChI=1S/C19H28N4OS/c1-13(2)12-22-7-9-23(10-8-22)19(24)20-15-5-6-16-17(11-15)25-18(21-16)14(3)4/h5-6,11,13-14H,7-10,12H2,1-4H3,(H,20,24). The summed E-state index contributed by atoms with van der Waals surface area (Å²) < 4.78 is 1.13. The minimum absolute atomic E-state index is 0.00264. The van der Waals surface area contributed by atoms with Gasteiger partial charge >= 0.3 is 6.03 Å². The van der Waals surface area contributed by atoms with Gasteiger partial charge in [0.15, 0.2) is 0 Å². The fraction of sp³-hybridized carbons (Fsp3) is 0.579. The molecule has 136 valence electrons. The molecule has 1 aromatic heterocycles. The number of rotatable bonds is 4. The summed E-state index contributed by atoms with van der Waals surface area (Å²) in [6.45, 7) is 13.4. The minimum Gasteiger partial charge on any atom is -0.322 e. The van der Waals surface area contributed by atoms with Crippen LogP contribution in [-0.4, -0.2) is 53.5 Å². The zero-order valence-electron chi connectivity index (χ0n) is 15.6. The first kappa shape index (κ1) is 18.1. The lowest BCUT2D eigenvalue weighted by Crippen LogP contribution is -2.50. The molecule has 0 atom stereocenters. The van der Waals surface area contributed by atoms with Crippen LogP contribution in [0.2, 0.25) is 0 Å². The molecule has 5 nitrogen and oxygen atoms in total. The summed E-state index contributed by atoms with van der Waals surface area (Å²) in [7, 11) is 0. The van der Waals surface area contributed by atoms with Crippen molar-refractivity contribution in [1.82, 2.24) is 14.8 Å². The van der Waals surface area contributed by atoms with Crippen LogP contribution >= 0.6 is 11.3 Å². The molecular weight excluding hydrogens is 332 g/mol. The van der Waals surface area contributed by atoms with Gasteiger partial charge in [-0.1, -0.05) is 27.7 Å². The Hall–Kier alpha value is -1.66. The van der Waals surface area contributed by atoms with E-state index in [-0.39, 0.29) is 6.03 Å². The van der Waals surface area contributed by atoms with Crippen LogP contribution in [0.15, 0.2) is 18.2 Å². The van der Waals surface area contributed by atoms with Crippen molar-refractivity contribution >= 4 is 33.3 Å². The Morgan fingerprint density at radius 2 is 1.92 bits per heavy atom. The number of nitrogens with one attached hydrogen (secondary N) is 1. The van der Waals surface area contributed by atoms with Crippen LogP contribution in [-0.2, 0) is 0 Å². The SMILES string of the molecule is CC(C)CN1CCN(C(=O)Nc2ccc3nc(C(C)C)sc3c2)CC1. The zero-order chi connectivity index (χ0) is 18.0. The average molecular weight is 361 g/mol. The summed E-state index contributed by atoms with van der Waals surface area (Å²) in [5.74, 6) is 1.10. The van der Waals surface area contributed by atoms with E-state index in [4.69, 9.17) is 0 Å². The van der Waals surface area contributed by atoms with Gasteiger partial charge in [0, 0.05) is 44.3 Å². The number of anilines is 1. The number of hydrogen-bond acceptors (Lipinski definition) is 4. The lowest BCUT2D eigenvalue weighted by atomic mass is 10.2. The summed E-state index contributed by atoms with van der Waals surface area (Å²) in [5, 5.41) is 4.18. The highest BCUT2D eigenvalue weighted by atomic mass is 32.1. The average Bonchev–Trinajstić information content (AvgIpc) is 2.98. The molecule has 2 amide bonds. The highest BCUT2D eigenvalue weighted by Gasteiger charge is 2.21. The molecule has 0 saturated carbocycles. The second-order valence-electron chi connectivity index (χ2n) is 7.50. The molecule has 2 aromatic rings. The Labute approximate surface area is 154 Å². The third-order valence-electron chi connectivity index (χ3n) is 4.43. The molecule has 0 aliphatic carbocycles. The smallest absolute Gasteiger partial charge is 0.321 e. The van der Waals surface area contributed by atoms with Crippen molar-refractivity contribution in [3.05, 3.63) is 23.2 Å². The van der Waals surface area contributed by atoms with Gasteiger partial charge in [0.2, 0.25) is 0 Å². The molecule has 1 aliphatic rings. The Morgan fingerprint density at radius 3 is 2.56 bits per heavy atom. The molecule has 1 aliphatic heterocycles. The van der Waals surface area contributed by atoms with Crippen molar-refractivity contribution < 1.29 is 4.79 Å². The number of piperazine rings is 1. The number of aromatic nitrogens is 1. The Morgan fingerprint density at radius 1 is 1.20 bits per heavy atom. The Bertz CT molecular complexity index is 732. The van der Waals surface area contributed by atoms with Crippen LogP contribution in [0.5, 0.6) is 0 Å². The maximum atomic E-state index is 12.5. The minimum atomic E-state index is -0.00264. The number of carbonyl (C=O) groups is 1. The summed E-state index contributed by atoms with van der Waals surface area (Å²) in [6.07, 6.45) is 0. The van der Waals surface area contributed by atoms with Gasteiger partial charge in [-0.2, -0.15) is 0 Å². The molecule has 1 fully saturated rings. The molecule has 0 unspecified atom stereocenters. The molecule has 1 aromatic carbocycles. The van der Waals surface area contributed by atoms with E-state index in [0.29, 0.717) is 11.8 Å². The molecule has 6 heteroatoms. The molecular formula is C19H28N4OS. The second-order valence-corrected chi connectivity index (χ2v) is 8.56. The third kappa shape index (κ3) is 4.50. The molecule has 0 bridgehead atoms. The number of hydrogen-bond donors (Lipinski definition) is 1. The van der Waals surface area contributed by atoms with Gasteiger partial charge in [0.25, 0.3) is 0 Å². The quantitative estimate of drug-likeness (QED) is 0.888. The Kier molecular flexibility index (Phi) is 5.59. The molecule has 25 heavy (non-hydrogen) atoms. The number of fused-ring (bicyclic) bond motifs is 1. The fourth-order valence-electron chi connectivity index (χ4n) is 3.12. The number of carbonyl (C=O) groups excluding carboxylic acids is 1. The first-order valence-corrected chi connectivity index (χ1v) is 9.93. The van der Waals surface area contributed by atoms with E-state index in [2.05, 4.69) is 42.9 Å². The fourth-order valence-corrected chi connectivity index (χ4v) is 4.13. The topological polar surface area (TPSA) is 48.5 Å². The van der Waals surface area contributed by atoms with Gasteiger partial charge in [-0.3, -0.25) is 4.90 Å². The molecule has 3 rings (SSSR count). The molecule has 1 N–H and O–H groups in total. The highest BCUT2D eigenvalue weighted by molar-refractivity contribution is 7.18. The van der Waals surface area contributed by atoms with E-state index in [1.54, 1.807) is 11.3 Å². The lowest BCUT2D eigenvalue weighted by Gasteiger charge is -2.35. The summed E-state index contributed by atoms with van der Waals surface area (Å²) in [4.78, 5) is 21.5. The molecule has 2 heterocycles. The van der Waals surface area contributed by atoms with Crippen molar-refractivity contribution in [2.45, 2.75) is 33.6 Å². The molecule has 0 radical (unpaired) electrons. The van der Waals surface area contributed by atoms with Crippen molar-refractivity contribution in [3.8, 4) is 0 Å². The first-order valence-electron chi connectivity index (χ1n) is 9.11. The van der Waals surface area contributed by atoms with E-state index < -0.39 is 0 Å². The predicted molar refractivity (Wildman–Crippen MR) is 106 cm³/mol. The molecule has 0 spiro atoms. The van der Waals surface area contributed by atoms with Gasteiger partial charge in [-0.25, -0.2) is 9.78 Å². The van der Waals surface area contributed by atoms with Crippen LogP contribution in [0.4, 0.5) is 10.5 Å². The normalized spacial score (nSPS) is 16.2. The number of thiazole rings is 1. The molecule has 1 saturated heterocycles. The van der Waals surface area contributed by atoms with Gasteiger partial charge in [0.1, 0.15) is 0 Å². The Balaban J connectivity index is 1.60.